The van der Waals surface area contributed by atoms with Crippen LogP contribution in [0.3, 0.4) is 0 Å². The van der Waals surface area contributed by atoms with E-state index in [2.05, 4.69) is 4.98 Å². The zero-order valence-corrected chi connectivity index (χ0v) is 14.2. The number of aliphatic carboxylic acids is 1. The number of fused-ring (bicyclic) bond motifs is 1. The van der Waals surface area contributed by atoms with Crippen LogP contribution in [0.4, 0.5) is 0 Å². The van der Waals surface area contributed by atoms with E-state index in [0.29, 0.717) is 10.6 Å². The van der Waals surface area contributed by atoms with E-state index in [0.717, 1.165) is 28.0 Å². The van der Waals surface area contributed by atoms with Gasteiger partial charge in [-0.3, -0.25) is 14.4 Å². The van der Waals surface area contributed by atoms with Gasteiger partial charge in [0.25, 0.3) is 0 Å². The molecule has 120 valence electrons. The van der Waals surface area contributed by atoms with Crippen LogP contribution in [0.25, 0.3) is 0 Å². The number of nitrogens with one attached hydrogen (secondary N) is 1. The summed E-state index contributed by atoms with van der Waals surface area (Å²) in [4.78, 5) is 39.6. The van der Waals surface area contributed by atoms with E-state index in [-0.39, 0.29) is 10.7 Å². The number of H-pyrrole nitrogens is 1. The van der Waals surface area contributed by atoms with Crippen molar-refractivity contribution in [3.05, 3.63) is 50.4 Å². The summed E-state index contributed by atoms with van der Waals surface area (Å²) in [6, 6.07) is 8.70. The van der Waals surface area contributed by atoms with Crippen LogP contribution in [0.15, 0.2) is 40.2 Å². The van der Waals surface area contributed by atoms with E-state index in [4.69, 9.17) is 0 Å². The molecule has 23 heavy (non-hydrogen) atoms. The molecule has 0 unspecified atom stereocenters. The number of hydrogen-bond donors (Lipinski definition) is 2. The number of rotatable bonds is 3. The first-order valence-electron chi connectivity index (χ1n) is 7.04. The Bertz CT molecular complexity index is 822. The lowest BCUT2D eigenvalue weighted by molar-refractivity contribution is -0.137. The first-order chi connectivity index (χ1) is 10.8. The Kier molecular flexibility index (Phi) is 3.93. The normalized spacial score (nSPS) is 22.3. The van der Waals surface area contributed by atoms with Gasteiger partial charge in [0.05, 0.1) is 10.9 Å². The Morgan fingerprint density at radius 3 is 2.48 bits per heavy atom. The van der Waals surface area contributed by atoms with Crippen LogP contribution >= 0.6 is 23.1 Å². The van der Waals surface area contributed by atoms with Crippen molar-refractivity contribution in [1.82, 2.24) is 4.98 Å². The smallest absolute Gasteiger partial charge is 0.317 e. The highest BCUT2D eigenvalue weighted by molar-refractivity contribution is 8.00. The number of Topliss-reactive ketones (excluding diaryl/α,β-unsaturated/α-hetero) is 1. The van der Waals surface area contributed by atoms with Gasteiger partial charge < -0.3 is 10.1 Å². The van der Waals surface area contributed by atoms with Crippen LogP contribution in [-0.2, 0) is 10.2 Å². The first kappa shape index (κ1) is 16.0. The van der Waals surface area contributed by atoms with Crippen molar-refractivity contribution in [2.45, 2.75) is 29.5 Å². The average molecular weight is 349 g/mol. The molecular formula is C16H15NO4S2. The van der Waals surface area contributed by atoms with Gasteiger partial charge in [0.2, 0.25) is 0 Å². The zero-order chi connectivity index (χ0) is 16.8. The maximum atomic E-state index is 13.0. The highest BCUT2D eigenvalue weighted by Crippen LogP contribution is 2.50. The number of aromatic nitrogens is 1. The van der Waals surface area contributed by atoms with Gasteiger partial charge >= 0.3 is 10.8 Å². The molecule has 0 aliphatic carbocycles. The van der Waals surface area contributed by atoms with Crippen LogP contribution in [0.2, 0.25) is 0 Å². The summed E-state index contributed by atoms with van der Waals surface area (Å²) >= 11 is 2.10. The molecule has 2 N–H and O–H groups in total. The summed E-state index contributed by atoms with van der Waals surface area (Å²) in [5.74, 6) is -2.00. The number of carbonyl (C=O) groups is 2. The molecule has 7 heteroatoms. The van der Waals surface area contributed by atoms with Crippen molar-refractivity contribution < 1.29 is 14.7 Å². The van der Waals surface area contributed by atoms with Crippen molar-refractivity contribution in [1.29, 1.82) is 0 Å². The zero-order valence-electron chi connectivity index (χ0n) is 12.5. The predicted octanol–water partition coefficient (Wildman–Crippen LogP) is 2.77. The third kappa shape index (κ3) is 2.64. The molecule has 2 aromatic rings. The molecule has 2 heterocycles. The van der Waals surface area contributed by atoms with Gasteiger partial charge in [-0.05, 0) is 0 Å². The summed E-state index contributed by atoms with van der Waals surface area (Å²) in [7, 11) is 0. The van der Waals surface area contributed by atoms with E-state index in [1.54, 1.807) is 24.3 Å². The van der Waals surface area contributed by atoms with Crippen LogP contribution < -0.4 is 4.87 Å². The van der Waals surface area contributed by atoms with E-state index in [1.165, 1.54) is 0 Å². The quantitative estimate of drug-likeness (QED) is 0.832. The van der Waals surface area contributed by atoms with Gasteiger partial charge in [-0.1, -0.05) is 67.3 Å². The molecule has 0 fully saturated rings. The van der Waals surface area contributed by atoms with Gasteiger partial charge in [0.1, 0.15) is 5.25 Å². The lowest BCUT2D eigenvalue weighted by Crippen LogP contribution is -2.47. The fourth-order valence-electron chi connectivity index (χ4n) is 2.98. The average Bonchev–Trinajstić information content (AvgIpc) is 2.88. The van der Waals surface area contributed by atoms with Crippen molar-refractivity contribution >= 4 is 34.9 Å². The minimum Gasteiger partial charge on any atom is -0.480 e. The van der Waals surface area contributed by atoms with Crippen molar-refractivity contribution in [2.24, 2.45) is 5.92 Å². The van der Waals surface area contributed by atoms with Crippen molar-refractivity contribution in [2.75, 3.05) is 0 Å². The number of carbonyl (C=O) groups excluding carboxylic acids is 1. The number of ketones is 1. The second-order valence-corrected chi connectivity index (χ2v) is 8.11. The van der Waals surface area contributed by atoms with E-state index in [1.807, 2.05) is 19.9 Å². The molecule has 2 atom stereocenters. The van der Waals surface area contributed by atoms with Gasteiger partial charge in [-0.25, -0.2) is 0 Å². The number of carboxylic acid groups (broad SMARTS) is 1. The Morgan fingerprint density at radius 2 is 1.87 bits per heavy atom. The highest BCUT2D eigenvalue weighted by Gasteiger charge is 2.51. The van der Waals surface area contributed by atoms with Gasteiger partial charge in [0.15, 0.2) is 5.78 Å². The topological polar surface area (TPSA) is 87.2 Å². The Morgan fingerprint density at radius 1 is 1.22 bits per heavy atom. The minimum absolute atomic E-state index is 0.206. The van der Waals surface area contributed by atoms with Crippen LogP contribution in [0, 0.1) is 5.92 Å². The molecule has 0 radical (unpaired) electrons. The Balaban J connectivity index is 2.14. The third-order valence-corrected chi connectivity index (χ3v) is 6.73. The molecule has 0 bridgehead atoms. The first-order valence-corrected chi connectivity index (χ1v) is 8.74. The second kappa shape index (κ2) is 5.65. The fourth-order valence-corrected chi connectivity index (χ4v) is 5.66. The maximum Gasteiger partial charge on any atom is 0.317 e. The number of hydrogen-bond acceptors (Lipinski definition) is 5. The molecule has 0 amide bonds. The number of thiazole rings is 1. The summed E-state index contributed by atoms with van der Waals surface area (Å²) in [6.45, 7) is 3.66. The van der Waals surface area contributed by atoms with E-state index >= 15 is 0 Å². The maximum absolute atomic E-state index is 13.0. The summed E-state index contributed by atoms with van der Waals surface area (Å²) in [6.07, 6.45) is 0. The van der Waals surface area contributed by atoms with Gasteiger partial charge in [0, 0.05) is 15.9 Å². The molecule has 1 aliphatic rings. The molecular weight excluding hydrogens is 334 g/mol. The van der Waals surface area contributed by atoms with Crippen LogP contribution in [0.1, 0.15) is 29.1 Å². The third-order valence-electron chi connectivity index (χ3n) is 4.11. The van der Waals surface area contributed by atoms with Crippen LogP contribution in [-0.4, -0.2) is 27.1 Å². The summed E-state index contributed by atoms with van der Waals surface area (Å²) < 4.78 is 0. The van der Waals surface area contributed by atoms with Crippen molar-refractivity contribution in [3.8, 4) is 0 Å². The number of aromatic amines is 1. The Hall–Kier alpha value is -1.86. The molecule has 3 rings (SSSR count). The number of thioether (sulfide) groups is 1. The molecule has 1 aliphatic heterocycles. The lowest BCUT2D eigenvalue weighted by atomic mass is 9.71. The monoisotopic (exact) mass is 349 g/mol. The van der Waals surface area contributed by atoms with E-state index in [9.17, 15) is 19.5 Å². The van der Waals surface area contributed by atoms with Crippen molar-refractivity contribution in [3.63, 3.8) is 0 Å². The summed E-state index contributed by atoms with van der Waals surface area (Å²) in [5.41, 5.74) is -0.246. The second-order valence-electron chi connectivity index (χ2n) is 5.98. The van der Waals surface area contributed by atoms with E-state index < -0.39 is 22.6 Å². The molecule has 1 aromatic carbocycles. The molecule has 1 aromatic heterocycles. The Labute approximate surface area is 140 Å². The number of carboxylic acids is 1. The molecule has 5 nitrogen and oxygen atoms in total. The predicted molar refractivity (Wildman–Crippen MR) is 89.5 cm³/mol. The SMILES string of the molecule is CC1(C)c2sc(=O)[nH]c2S[C@H](C(=O)O)[C@H]1C(=O)c1ccccc1. The largest absolute Gasteiger partial charge is 0.480 e. The minimum atomic E-state index is -1.05. The standard InChI is InChI=1S/C16H15NO4S2/c1-16(2)9(10(18)8-6-4-3-5-7-8)11(14(19)20)22-13-12(16)23-15(21)17-13/h3-7,9,11H,1-2H3,(H,17,21)(H,19,20)/t9-,11+/m1/s1. The molecule has 0 spiro atoms. The van der Waals surface area contributed by atoms with Crippen LogP contribution in [0.5, 0.6) is 0 Å². The van der Waals surface area contributed by atoms with Gasteiger partial charge in [-0.2, -0.15) is 0 Å². The molecule has 0 saturated carbocycles. The fraction of sp³-hybridized carbons (Fsp3) is 0.312. The number of benzene rings is 1. The van der Waals surface area contributed by atoms with Gasteiger partial charge in [-0.15, -0.1) is 0 Å². The molecule has 0 saturated heterocycles. The summed E-state index contributed by atoms with van der Waals surface area (Å²) in [5, 5.41) is 9.24. The highest BCUT2D eigenvalue weighted by atomic mass is 32.2. The lowest BCUT2D eigenvalue weighted by Gasteiger charge is -2.40.